The van der Waals surface area contributed by atoms with Gasteiger partial charge in [-0.25, -0.2) is 5.90 Å². The van der Waals surface area contributed by atoms with E-state index in [1.165, 1.54) is 0 Å². The summed E-state index contributed by atoms with van der Waals surface area (Å²) in [5.41, 5.74) is -0.759. The Hall–Kier alpha value is -0.410. The van der Waals surface area contributed by atoms with Crippen LogP contribution in [-0.2, 0) is 9.63 Å². The first-order chi connectivity index (χ1) is 5.60. The second kappa shape index (κ2) is 5.27. The average molecular weight is 173 g/mol. The summed E-state index contributed by atoms with van der Waals surface area (Å²) in [6.45, 7) is 5.66. The Balaban J connectivity index is 4.13. The molecular formula is C9H19NO2. The molecule has 0 aromatic rings. The van der Waals surface area contributed by atoms with Crippen LogP contribution < -0.4 is 5.90 Å². The second-order valence-electron chi connectivity index (χ2n) is 3.23. The molecule has 0 aliphatic rings. The molecule has 0 amide bonds. The Bertz CT molecular complexity index is 147. The predicted octanol–water partition coefficient (Wildman–Crippen LogP) is 1.80. The maximum absolute atomic E-state index is 11.4. The quantitative estimate of drug-likeness (QED) is 0.623. The zero-order valence-electron chi connectivity index (χ0n) is 8.22. The molecule has 0 bridgehead atoms. The zero-order chi connectivity index (χ0) is 9.61. The van der Waals surface area contributed by atoms with E-state index in [4.69, 9.17) is 10.7 Å². The molecule has 0 rings (SSSR count). The third-order valence-corrected chi connectivity index (χ3v) is 2.18. The van der Waals surface area contributed by atoms with Gasteiger partial charge >= 0.3 is 0 Å². The maximum atomic E-state index is 11.4. The number of nitrogens with two attached hydrogens (primary N) is 1. The van der Waals surface area contributed by atoms with Gasteiger partial charge in [0.05, 0.1) is 0 Å². The third-order valence-electron chi connectivity index (χ3n) is 2.18. The molecule has 2 N–H and O–H groups in total. The number of carbonyl (C=O) groups excluding carboxylic acids is 1. The van der Waals surface area contributed by atoms with Crippen LogP contribution >= 0.6 is 0 Å². The lowest BCUT2D eigenvalue weighted by molar-refractivity contribution is -0.144. The summed E-state index contributed by atoms with van der Waals surface area (Å²) >= 11 is 0. The van der Waals surface area contributed by atoms with E-state index in [2.05, 4.69) is 6.92 Å². The molecule has 1 atom stereocenters. The summed E-state index contributed by atoms with van der Waals surface area (Å²) in [6, 6.07) is 0. The summed E-state index contributed by atoms with van der Waals surface area (Å²) < 4.78 is 0. The molecule has 72 valence electrons. The molecule has 0 radical (unpaired) electrons. The molecule has 3 heteroatoms. The molecule has 0 spiro atoms. The lowest BCUT2D eigenvalue weighted by atomic mass is 9.93. The van der Waals surface area contributed by atoms with Gasteiger partial charge in [-0.05, 0) is 13.3 Å². The molecule has 0 aromatic heterocycles. The molecule has 0 fully saturated rings. The Morgan fingerprint density at radius 1 is 1.50 bits per heavy atom. The van der Waals surface area contributed by atoms with Gasteiger partial charge in [-0.2, -0.15) is 0 Å². The highest BCUT2D eigenvalue weighted by Crippen LogP contribution is 2.19. The van der Waals surface area contributed by atoms with Gasteiger partial charge in [0.15, 0.2) is 5.78 Å². The third kappa shape index (κ3) is 2.91. The average Bonchev–Trinajstić information content (AvgIpc) is 2.12. The van der Waals surface area contributed by atoms with Crippen LogP contribution in [0.3, 0.4) is 0 Å². The number of Topliss-reactive ketones (excluding diaryl/α,β-unsaturated/α-hetero) is 1. The SMILES string of the molecule is CCCCC(C)(ON)C(=O)CC. The van der Waals surface area contributed by atoms with Crippen molar-refractivity contribution in [3.63, 3.8) is 0 Å². The summed E-state index contributed by atoms with van der Waals surface area (Å²) in [5.74, 6) is 5.19. The van der Waals surface area contributed by atoms with Crippen molar-refractivity contribution >= 4 is 5.78 Å². The van der Waals surface area contributed by atoms with Crippen LogP contribution in [0.2, 0.25) is 0 Å². The molecule has 12 heavy (non-hydrogen) atoms. The molecule has 0 aliphatic carbocycles. The van der Waals surface area contributed by atoms with Gasteiger partial charge in [0.2, 0.25) is 0 Å². The van der Waals surface area contributed by atoms with Gasteiger partial charge in [0.1, 0.15) is 5.60 Å². The van der Waals surface area contributed by atoms with Crippen molar-refractivity contribution in [2.45, 2.75) is 52.1 Å². The minimum Gasteiger partial charge on any atom is -0.296 e. The van der Waals surface area contributed by atoms with Crippen LogP contribution in [0.25, 0.3) is 0 Å². The summed E-state index contributed by atoms with van der Waals surface area (Å²) in [4.78, 5) is 16.1. The molecule has 0 aromatic carbocycles. The van der Waals surface area contributed by atoms with Gasteiger partial charge in [0, 0.05) is 6.42 Å². The van der Waals surface area contributed by atoms with E-state index >= 15 is 0 Å². The minimum atomic E-state index is -0.759. The van der Waals surface area contributed by atoms with E-state index in [1.54, 1.807) is 6.92 Å². The monoisotopic (exact) mass is 173 g/mol. The first-order valence-corrected chi connectivity index (χ1v) is 4.52. The molecule has 3 nitrogen and oxygen atoms in total. The highest BCUT2D eigenvalue weighted by atomic mass is 16.6. The normalized spacial score (nSPS) is 15.7. The number of rotatable bonds is 6. The standard InChI is InChI=1S/C9H19NO2/c1-4-6-7-9(3,12-10)8(11)5-2/h4-7,10H2,1-3H3. The first kappa shape index (κ1) is 11.6. The minimum absolute atomic E-state index is 0.0819. The number of unbranched alkanes of at least 4 members (excludes halogenated alkanes) is 1. The van der Waals surface area contributed by atoms with Crippen LogP contribution in [0.1, 0.15) is 46.5 Å². The van der Waals surface area contributed by atoms with Gasteiger partial charge in [-0.1, -0.05) is 26.7 Å². The van der Waals surface area contributed by atoms with Crippen LogP contribution in [0.15, 0.2) is 0 Å². The Labute approximate surface area is 74.2 Å². The highest BCUT2D eigenvalue weighted by molar-refractivity contribution is 5.86. The Kier molecular flexibility index (Phi) is 5.09. The van der Waals surface area contributed by atoms with Crippen molar-refractivity contribution in [2.75, 3.05) is 0 Å². The lowest BCUT2D eigenvalue weighted by Crippen LogP contribution is -2.40. The smallest absolute Gasteiger partial charge is 0.166 e. The summed E-state index contributed by atoms with van der Waals surface area (Å²) in [5, 5.41) is 0. The molecule has 1 unspecified atom stereocenters. The molecular weight excluding hydrogens is 154 g/mol. The number of ketones is 1. The zero-order valence-corrected chi connectivity index (χ0v) is 8.22. The number of hydrogen-bond acceptors (Lipinski definition) is 3. The first-order valence-electron chi connectivity index (χ1n) is 4.52. The van der Waals surface area contributed by atoms with E-state index < -0.39 is 5.60 Å². The van der Waals surface area contributed by atoms with E-state index in [9.17, 15) is 4.79 Å². The van der Waals surface area contributed by atoms with Crippen LogP contribution in [0, 0.1) is 0 Å². The fourth-order valence-corrected chi connectivity index (χ4v) is 1.15. The van der Waals surface area contributed by atoms with E-state index in [0.29, 0.717) is 12.8 Å². The van der Waals surface area contributed by atoms with Crippen LogP contribution in [0.5, 0.6) is 0 Å². The van der Waals surface area contributed by atoms with Crippen LogP contribution in [-0.4, -0.2) is 11.4 Å². The lowest BCUT2D eigenvalue weighted by Gasteiger charge is -2.24. The molecule has 0 heterocycles. The van der Waals surface area contributed by atoms with E-state index in [0.717, 1.165) is 12.8 Å². The van der Waals surface area contributed by atoms with Crippen molar-refractivity contribution in [3.05, 3.63) is 0 Å². The Morgan fingerprint density at radius 3 is 2.42 bits per heavy atom. The van der Waals surface area contributed by atoms with Crippen LogP contribution in [0.4, 0.5) is 0 Å². The van der Waals surface area contributed by atoms with Crippen molar-refractivity contribution in [3.8, 4) is 0 Å². The van der Waals surface area contributed by atoms with E-state index in [-0.39, 0.29) is 5.78 Å². The second-order valence-corrected chi connectivity index (χ2v) is 3.23. The van der Waals surface area contributed by atoms with Crippen molar-refractivity contribution in [1.82, 2.24) is 0 Å². The maximum Gasteiger partial charge on any atom is 0.166 e. The molecule has 0 saturated heterocycles. The van der Waals surface area contributed by atoms with Crippen molar-refractivity contribution in [1.29, 1.82) is 0 Å². The van der Waals surface area contributed by atoms with E-state index in [1.807, 2.05) is 6.92 Å². The summed E-state index contributed by atoms with van der Waals surface area (Å²) in [7, 11) is 0. The van der Waals surface area contributed by atoms with Gasteiger partial charge in [-0.15, -0.1) is 0 Å². The largest absolute Gasteiger partial charge is 0.296 e. The highest BCUT2D eigenvalue weighted by Gasteiger charge is 2.31. The molecule has 0 aliphatic heterocycles. The van der Waals surface area contributed by atoms with Crippen molar-refractivity contribution in [2.24, 2.45) is 5.90 Å². The Morgan fingerprint density at radius 2 is 2.08 bits per heavy atom. The van der Waals surface area contributed by atoms with Gasteiger partial charge < -0.3 is 0 Å². The number of carbonyl (C=O) groups is 1. The fourth-order valence-electron chi connectivity index (χ4n) is 1.15. The van der Waals surface area contributed by atoms with Crippen molar-refractivity contribution < 1.29 is 9.63 Å². The fraction of sp³-hybridized carbons (Fsp3) is 0.889. The topological polar surface area (TPSA) is 52.3 Å². The van der Waals surface area contributed by atoms with Gasteiger partial charge in [0.25, 0.3) is 0 Å². The molecule has 0 saturated carbocycles. The van der Waals surface area contributed by atoms with Gasteiger partial charge in [-0.3, -0.25) is 9.63 Å². The predicted molar refractivity (Wildman–Crippen MR) is 48.5 cm³/mol. The summed E-state index contributed by atoms with van der Waals surface area (Å²) in [6.07, 6.45) is 3.22. The number of hydrogen-bond donors (Lipinski definition) is 1.